The maximum absolute atomic E-state index is 13.1. The molecule has 0 spiro atoms. The Balaban J connectivity index is 3.58. The van der Waals surface area contributed by atoms with Gasteiger partial charge in [0.1, 0.15) is 0 Å². The fourth-order valence-electron chi connectivity index (χ4n) is 4.15. The highest BCUT2D eigenvalue weighted by Crippen LogP contribution is 2.30. The van der Waals surface area contributed by atoms with Gasteiger partial charge in [0.05, 0.1) is 47.4 Å². The Hall–Kier alpha value is -3.25. The molecule has 1 rings (SSSR count). The van der Waals surface area contributed by atoms with E-state index in [0.29, 0.717) is 11.4 Å². The molecule has 0 amide bonds. The van der Waals surface area contributed by atoms with Gasteiger partial charge in [-0.15, -0.1) is 0 Å². The molecule has 0 aliphatic rings. The third-order valence-electron chi connectivity index (χ3n) is 6.49. The van der Waals surface area contributed by atoms with Gasteiger partial charge < -0.3 is 14.4 Å². The van der Waals surface area contributed by atoms with Crippen LogP contribution in [-0.4, -0.2) is 119 Å². The van der Waals surface area contributed by atoms with Gasteiger partial charge in [-0.25, -0.2) is 9.59 Å². The molecule has 0 heterocycles. The number of ether oxygens (including phenoxy) is 2. The molecule has 18 nitrogen and oxygen atoms in total. The van der Waals surface area contributed by atoms with Gasteiger partial charge in [-0.05, 0) is 76.3 Å². The summed E-state index contributed by atoms with van der Waals surface area (Å²) in [4.78, 5) is 31.9. The van der Waals surface area contributed by atoms with Crippen molar-refractivity contribution in [2.75, 3.05) is 54.2 Å². The van der Waals surface area contributed by atoms with Crippen LogP contribution in [0.25, 0.3) is 0 Å². The molecule has 1 aromatic carbocycles. The van der Waals surface area contributed by atoms with Crippen LogP contribution in [0.1, 0.15) is 65.8 Å². The molecular formula is C28H42N2O16S4. The summed E-state index contributed by atoms with van der Waals surface area (Å²) in [5.74, 6) is -4.45. The van der Waals surface area contributed by atoms with Crippen molar-refractivity contribution in [1.82, 2.24) is 0 Å². The second-order valence-electron chi connectivity index (χ2n) is 10.8. The zero-order valence-electron chi connectivity index (χ0n) is 27.6. The fraction of sp³-hybridized carbons (Fsp3) is 0.536. The number of rotatable bonds is 22. The predicted octanol–water partition coefficient (Wildman–Crippen LogP) is 2.15. The molecule has 0 aliphatic heterocycles. The second kappa shape index (κ2) is 20.0. The highest BCUT2D eigenvalue weighted by Gasteiger charge is 2.23. The Bertz CT molecular complexity index is 1880. The van der Waals surface area contributed by atoms with E-state index < -0.39 is 88.6 Å². The molecule has 0 aliphatic carbocycles. The molecule has 0 atom stereocenters. The number of aliphatic imine (C=N–C) groups is 1. The Morgan fingerprint density at radius 1 is 0.740 bits per heavy atom. The van der Waals surface area contributed by atoms with Gasteiger partial charge in [0.25, 0.3) is 40.5 Å². The van der Waals surface area contributed by atoms with Crippen molar-refractivity contribution in [2.24, 2.45) is 4.99 Å². The fourth-order valence-corrected chi connectivity index (χ4v) is 6.10. The Labute approximate surface area is 292 Å². The number of hydrogen-bond acceptors (Lipinski definition) is 14. The molecule has 0 aromatic heterocycles. The highest BCUT2D eigenvalue weighted by atomic mass is 32.2. The first-order valence-corrected chi connectivity index (χ1v) is 21.3. The summed E-state index contributed by atoms with van der Waals surface area (Å²) in [5, 5.41) is 0. The van der Waals surface area contributed by atoms with E-state index in [1.54, 1.807) is 32.1 Å². The van der Waals surface area contributed by atoms with Crippen LogP contribution in [0.15, 0.2) is 41.1 Å². The minimum atomic E-state index is -4.37. The van der Waals surface area contributed by atoms with E-state index in [-0.39, 0.29) is 61.2 Å². The van der Waals surface area contributed by atoms with Crippen molar-refractivity contribution in [3.63, 3.8) is 0 Å². The van der Waals surface area contributed by atoms with Crippen LogP contribution in [0.4, 0.5) is 5.69 Å². The van der Waals surface area contributed by atoms with E-state index in [2.05, 4.69) is 4.99 Å². The van der Waals surface area contributed by atoms with Crippen molar-refractivity contribution in [3.05, 3.63) is 52.7 Å². The maximum atomic E-state index is 13.1. The standard InChI is InChI=1S/C28H42N2O16S4/c1-21(29-11-5-15-47(33,34)35)9-4-10-22(2)30(12-6-16-48(36,37)38)26-20-24(27(31)45-13-7-17-49(39,40)41)19-25(23(26)3)28(32)46-14-8-18-50(42,43)44/h4,9-10,19-20H,5-8,11-18H2,1-3H3,(H,33,34,35)(H,36,37,38)(H,39,40,41)(H,42,43,44)/b9-4+,22-10+,29-21?. The van der Waals surface area contributed by atoms with Gasteiger partial charge >= 0.3 is 11.9 Å². The van der Waals surface area contributed by atoms with Crippen molar-refractivity contribution < 1.29 is 70.9 Å². The molecule has 0 unspecified atom stereocenters. The Morgan fingerprint density at radius 3 is 1.74 bits per heavy atom. The normalized spacial score (nSPS) is 13.4. The van der Waals surface area contributed by atoms with Crippen molar-refractivity contribution >= 4 is 63.8 Å². The highest BCUT2D eigenvalue weighted by molar-refractivity contribution is 7.86. The number of nitrogens with zero attached hydrogens (tertiary/aromatic N) is 2. The largest absolute Gasteiger partial charge is 0.462 e. The number of hydrogen-bond donors (Lipinski definition) is 4. The summed E-state index contributed by atoms with van der Waals surface area (Å²) < 4.78 is 135. The molecular weight excluding hydrogens is 749 g/mol. The van der Waals surface area contributed by atoms with Gasteiger partial charge in [-0.2, -0.15) is 33.7 Å². The van der Waals surface area contributed by atoms with Gasteiger partial charge in [0.2, 0.25) is 0 Å². The first-order valence-electron chi connectivity index (χ1n) is 14.8. The average molecular weight is 791 g/mol. The number of benzene rings is 1. The summed E-state index contributed by atoms with van der Waals surface area (Å²) in [5.41, 5.74) is 0.970. The first kappa shape index (κ1) is 44.8. The van der Waals surface area contributed by atoms with Crippen LogP contribution in [-0.2, 0) is 49.9 Å². The molecule has 22 heteroatoms. The van der Waals surface area contributed by atoms with Crippen molar-refractivity contribution in [3.8, 4) is 0 Å². The summed E-state index contributed by atoms with van der Waals surface area (Å²) in [6, 6.07) is 2.46. The van der Waals surface area contributed by atoms with E-state index in [0.717, 1.165) is 6.07 Å². The maximum Gasteiger partial charge on any atom is 0.338 e. The van der Waals surface area contributed by atoms with Crippen molar-refractivity contribution in [2.45, 2.75) is 46.5 Å². The molecule has 0 saturated carbocycles. The zero-order chi connectivity index (χ0) is 38.3. The van der Waals surface area contributed by atoms with E-state index in [4.69, 9.17) is 23.1 Å². The number of allylic oxidation sites excluding steroid dienone is 4. The number of anilines is 1. The molecule has 1 aromatic rings. The third-order valence-corrected chi connectivity index (χ3v) is 9.71. The average Bonchev–Trinajstić information content (AvgIpc) is 2.96. The lowest BCUT2D eigenvalue weighted by molar-refractivity contribution is 0.0502. The zero-order valence-corrected chi connectivity index (χ0v) is 30.9. The summed E-state index contributed by atoms with van der Waals surface area (Å²) in [7, 11) is -17.2. The lowest BCUT2D eigenvalue weighted by Gasteiger charge is -2.28. The molecule has 4 N–H and O–H groups in total. The predicted molar refractivity (Wildman–Crippen MR) is 184 cm³/mol. The van der Waals surface area contributed by atoms with Crippen LogP contribution < -0.4 is 4.90 Å². The van der Waals surface area contributed by atoms with Crippen LogP contribution in [0.2, 0.25) is 0 Å². The molecule has 0 radical (unpaired) electrons. The van der Waals surface area contributed by atoms with Crippen molar-refractivity contribution in [1.29, 1.82) is 0 Å². The minimum Gasteiger partial charge on any atom is -0.462 e. The molecule has 0 fully saturated rings. The Kier molecular flexibility index (Phi) is 17.9. The third kappa shape index (κ3) is 19.8. The number of esters is 2. The number of carbonyl (C=O) groups excluding carboxylic acids is 2. The second-order valence-corrected chi connectivity index (χ2v) is 17.1. The minimum absolute atomic E-state index is 0.0742. The van der Waals surface area contributed by atoms with E-state index in [1.165, 1.54) is 17.9 Å². The van der Waals surface area contributed by atoms with Crippen LogP contribution in [0, 0.1) is 6.92 Å². The smallest absolute Gasteiger partial charge is 0.338 e. The van der Waals surface area contributed by atoms with E-state index in [1.807, 2.05) is 0 Å². The van der Waals surface area contributed by atoms with E-state index >= 15 is 0 Å². The molecule has 0 bridgehead atoms. The summed E-state index contributed by atoms with van der Waals surface area (Å²) in [6.45, 7) is 3.95. The van der Waals surface area contributed by atoms with Crippen LogP contribution in [0.3, 0.4) is 0 Å². The van der Waals surface area contributed by atoms with Crippen LogP contribution in [0.5, 0.6) is 0 Å². The summed E-state index contributed by atoms with van der Waals surface area (Å²) >= 11 is 0. The SMILES string of the molecule is CC(/C=C/C=C(\C)N(CCCS(=O)(=O)O)c1cc(C(=O)OCCCS(=O)(=O)O)cc(C(=O)OCCCS(=O)(=O)O)c1C)=NCCCS(=O)(=O)O. The molecule has 284 valence electrons. The lowest BCUT2D eigenvalue weighted by Crippen LogP contribution is -2.26. The monoisotopic (exact) mass is 790 g/mol. The van der Waals surface area contributed by atoms with E-state index in [9.17, 15) is 47.8 Å². The van der Waals surface area contributed by atoms with Gasteiger partial charge in [0, 0.05) is 30.2 Å². The number of carbonyl (C=O) groups is 2. The molecule has 0 saturated heterocycles. The lowest BCUT2D eigenvalue weighted by atomic mass is 10.0. The molecule has 50 heavy (non-hydrogen) atoms. The van der Waals surface area contributed by atoms with Gasteiger partial charge in [0.15, 0.2) is 0 Å². The topological polar surface area (TPSA) is 286 Å². The Morgan fingerprint density at radius 2 is 1.22 bits per heavy atom. The van der Waals surface area contributed by atoms with Gasteiger partial charge in [-0.3, -0.25) is 23.2 Å². The van der Waals surface area contributed by atoms with Crippen LogP contribution >= 0.6 is 0 Å². The quantitative estimate of drug-likeness (QED) is 0.0430. The summed E-state index contributed by atoms with van der Waals surface area (Å²) in [6.07, 6.45) is 4.20. The first-order chi connectivity index (χ1) is 22.9. The van der Waals surface area contributed by atoms with Gasteiger partial charge in [-0.1, -0.05) is 6.08 Å².